The minimum absolute atomic E-state index is 1.16. The topological polar surface area (TPSA) is 0 Å². The highest BCUT2D eigenvalue weighted by atomic mass is 79.9. The third kappa shape index (κ3) is 2.16. The summed E-state index contributed by atoms with van der Waals surface area (Å²) in [7, 11) is 0. The van der Waals surface area contributed by atoms with Crippen molar-refractivity contribution in [2.75, 3.05) is 0 Å². The maximum absolute atomic E-state index is 3.74. The molecule has 3 aromatic carbocycles. The van der Waals surface area contributed by atoms with Gasteiger partial charge in [-0.3, -0.25) is 0 Å². The van der Waals surface area contributed by atoms with Gasteiger partial charge in [0.2, 0.25) is 0 Å². The standard InChI is InChI=1S/C19H17Br/c1-12-10-13(2)18(14(3)11-12)19-16-7-5-4-6-15(16)8-9-17(19)20/h4-11H,1-3H3. The minimum Gasteiger partial charge on any atom is -0.0616 e. The van der Waals surface area contributed by atoms with E-state index in [9.17, 15) is 0 Å². The third-order valence-electron chi connectivity index (χ3n) is 3.81. The summed E-state index contributed by atoms with van der Waals surface area (Å²) < 4.78 is 1.16. The van der Waals surface area contributed by atoms with Crippen LogP contribution in [0.3, 0.4) is 0 Å². The van der Waals surface area contributed by atoms with Gasteiger partial charge in [-0.2, -0.15) is 0 Å². The first kappa shape index (κ1) is 13.4. The van der Waals surface area contributed by atoms with Gasteiger partial charge in [0.1, 0.15) is 0 Å². The summed E-state index contributed by atoms with van der Waals surface area (Å²) in [6.45, 7) is 6.55. The lowest BCUT2D eigenvalue weighted by Crippen LogP contribution is -1.92. The Bertz CT molecular complexity index is 777. The molecule has 0 atom stereocenters. The van der Waals surface area contributed by atoms with E-state index in [1.807, 2.05) is 0 Å². The van der Waals surface area contributed by atoms with Gasteiger partial charge in [0.05, 0.1) is 0 Å². The van der Waals surface area contributed by atoms with Crippen LogP contribution in [-0.2, 0) is 0 Å². The van der Waals surface area contributed by atoms with Crippen molar-refractivity contribution in [1.82, 2.24) is 0 Å². The van der Waals surface area contributed by atoms with Crippen molar-refractivity contribution in [3.8, 4) is 11.1 Å². The van der Waals surface area contributed by atoms with Crippen molar-refractivity contribution < 1.29 is 0 Å². The van der Waals surface area contributed by atoms with Crippen molar-refractivity contribution >= 4 is 26.7 Å². The molecule has 0 aliphatic rings. The van der Waals surface area contributed by atoms with E-state index >= 15 is 0 Å². The molecule has 3 rings (SSSR count). The first-order chi connectivity index (χ1) is 9.58. The van der Waals surface area contributed by atoms with Crippen molar-refractivity contribution in [1.29, 1.82) is 0 Å². The molecule has 0 unspecified atom stereocenters. The number of fused-ring (bicyclic) bond motifs is 1. The number of benzene rings is 3. The normalized spacial score (nSPS) is 11.0. The number of halogens is 1. The fourth-order valence-corrected chi connectivity index (χ4v) is 3.62. The molecule has 1 heteroatoms. The van der Waals surface area contributed by atoms with Crippen LogP contribution in [0.5, 0.6) is 0 Å². The van der Waals surface area contributed by atoms with E-state index in [1.165, 1.54) is 38.6 Å². The lowest BCUT2D eigenvalue weighted by atomic mass is 9.90. The van der Waals surface area contributed by atoms with Crippen molar-refractivity contribution in [3.63, 3.8) is 0 Å². The van der Waals surface area contributed by atoms with Gasteiger partial charge in [-0.25, -0.2) is 0 Å². The molecular formula is C19H17Br. The molecule has 20 heavy (non-hydrogen) atoms. The van der Waals surface area contributed by atoms with E-state index in [4.69, 9.17) is 0 Å². The molecule has 0 saturated carbocycles. The molecule has 0 nitrogen and oxygen atoms in total. The SMILES string of the molecule is Cc1cc(C)c(-c2c(Br)ccc3ccccc23)c(C)c1. The molecule has 0 aliphatic carbocycles. The fourth-order valence-electron chi connectivity index (χ4n) is 3.07. The molecule has 0 amide bonds. The average molecular weight is 325 g/mol. The van der Waals surface area contributed by atoms with E-state index in [0.29, 0.717) is 0 Å². The van der Waals surface area contributed by atoms with E-state index in [2.05, 4.69) is 85.2 Å². The maximum Gasteiger partial charge on any atom is 0.0260 e. The maximum atomic E-state index is 3.74. The quantitative estimate of drug-likeness (QED) is 0.500. The Hall–Kier alpha value is -1.60. The van der Waals surface area contributed by atoms with Gasteiger partial charge in [0.25, 0.3) is 0 Å². The Morgan fingerprint density at radius 3 is 2.10 bits per heavy atom. The molecule has 0 spiro atoms. The summed E-state index contributed by atoms with van der Waals surface area (Å²) in [4.78, 5) is 0. The Kier molecular flexibility index (Phi) is 3.39. The van der Waals surface area contributed by atoms with Gasteiger partial charge in [-0.05, 0) is 54.3 Å². The molecule has 0 fully saturated rings. The van der Waals surface area contributed by atoms with Crippen LogP contribution in [0.25, 0.3) is 21.9 Å². The van der Waals surface area contributed by atoms with Crippen LogP contribution in [0, 0.1) is 20.8 Å². The first-order valence-electron chi connectivity index (χ1n) is 6.83. The van der Waals surface area contributed by atoms with Crippen molar-refractivity contribution in [3.05, 3.63) is 69.7 Å². The van der Waals surface area contributed by atoms with Crippen LogP contribution >= 0.6 is 15.9 Å². The fraction of sp³-hybridized carbons (Fsp3) is 0.158. The zero-order chi connectivity index (χ0) is 14.3. The second-order valence-corrected chi connectivity index (χ2v) is 6.27. The van der Waals surface area contributed by atoms with Crippen LogP contribution in [0.2, 0.25) is 0 Å². The highest BCUT2D eigenvalue weighted by Gasteiger charge is 2.13. The van der Waals surface area contributed by atoms with E-state index in [-0.39, 0.29) is 0 Å². The molecule has 3 aromatic rings. The molecule has 0 heterocycles. The second kappa shape index (κ2) is 5.06. The predicted molar refractivity (Wildman–Crippen MR) is 91.3 cm³/mol. The van der Waals surface area contributed by atoms with Gasteiger partial charge in [0, 0.05) is 10.0 Å². The average Bonchev–Trinajstić information content (AvgIpc) is 2.40. The molecule has 0 bridgehead atoms. The largest absolute Gasteiger partial charge is 0.0616 e. The van der Waals surface area contributed by atoms with E-state index in [0.717, 1.165) is 4.47 Å². The number of aryl methyl sites for hydroxylation is 3. The Morgan fingerprint density at radius 2 is 1.40 bits per heavy atom. The Balaban J connectivity index is 2.44. The van der Waals surface area contributed by atoms with Gasteiger partial charge in [0.15, 0.2) is 0 Å². The Labute approximate surface area is 128 Å². The van der Waals surface area contributed by atoms with E-state index < -0.39 is 0 Å². The van der Waals surface area contributed by atoms with Gasteiger partial charge >= 0.3 is 0 Å². The summed E-state index contributed by atoms with van der Waals surface area (Å²) in [5.74, 6) is 0. The molecule has 0 radical (unpaired) electrons. The zero-order valence-corrected chi connectivity index (χ0v) is 13.6. The monoisotopic (exact) mass is 324 g/mol. The molecule has 0 saturated heterocycles. The summed E-state index contributed by atoms with van der Waals surface area (Å²) >= 11 is 3.74. The molecule has 100 valence electrons. The van der Waals surface area contributed by atoms with Crippen LogP contribution in [0.4, 0.5) is 0 Å². The predicted octanol–water partition coefficient (Wildman–Crippen LogP) is 6.19. The Morgan fingerprint density at radius 1 is 0.750 bits per heavy atom. The first-order valence-corrected chi connectivity index (χ1v) is 7.62. The number of hydrogen-bond acceptors (Lipinski definition) is 0. The highest BCUT2D eigenvalue weighted by molar-refractivity contribution is 9.10. The summed E-state index contributed by atoms with van der Waals surface area (Å²) in [5, 5.41) is 2.59. The van der Waals surface area contributed by atoms with Crippen LogP contribution in [0.15, 0.2) is 53.0 Å². The van der Waals surface area contributed by atoms with Gasteiger partial charge < -0.3 is 0 Å². The molecule has 0 aliphatic heterocycles. The number of hydrogen-bond donors (Lipinski definition) is 0. The van der Waals surface area contributed by atoms with Gasteiger partial charge in [-0.1, -0.05) is 64.0 Å². The number of rotatable bonds is 1. The lowest BCUT2D eigenvalue weighted by Gasteiger charge is -2.16. The highest BCUT2D eigenvalue weighted by Crippen LogP contribution is 2.39. The van der Waals surface area contributed by atoms with Crippen LogP contribution in [-0.4, -0.2) is 0 Å². The van der Waals surface area contributed by atoms with Crippen molar-refractivity contribution in [2.45, 2.75) is 20.8 Å². The van der Waals surface area contributed by atoms with Gasteiger partial charge in [-0.15, -0.1) is 0 Å². The van der Waals surface area contributed by atoms with Crippen LogP contribution < -0.4 is 0 Å². The summed E-state index contributed by atoms with van der Waals surface area (Å²) in [6, 6.07) is 17.4. The lowest BCUT2D eigenvalue weighted by molar-refractivity contribution is 1.32. The van der Waals surface area contributed by atoms with Crippen LogP contribution in [0.1, 0.15) is 16.7 Å². The smallest absolute Gasteiger partial charge is 0.0260 e. The zero-order valence-electron chi connectivity index (χ0n) is 12.0. The molecular weight excluding hydrogens is 308 g/mol. The molecule has 0 N–H and O–H groups in total. The summed E-state index contributed by atoms with van der Waals surface area (Å²) in [5.41, 5.74) is 6.64. The molecule has 0 aromatic heterocycles. The second-order valence-electron chi connectivity index (χ2n) is 5.42. The third-order valence-corrected chi connectivity index (χ3v) is 4.47. The summed E-state index contributed by atoms with van der Waals surface area (Å²) in [6.07, 6.45) is 0. The van der Waals surface area contributed by atoms with E-state index in [1.54, 1.807) is 0 Å². The minimum atomic E-state index is 1.16. The van der Waals surface area contributed by atoms with Crippen molar-refractivity contribution in [2.24, 2.45) is 0 Å².